The molecule has 0 rings (SSSR count). The second-order valence-corrected chi connectivity index (χ2v) is 6.64. The van der Waals surface area contributed by atoms with Crippen molar-refractivity contribution >= 4 is 14.1 Å². The van der Waals surface area contributed by atoms with Crippen molar-refractivity contribution in [1.82, 2.24) is 0 Å². The third-order valence-electron chi connectivity index (χ3n) is 1.57. The topological polar surface area (TPSA) is 0 Å². The first-order chi connectivity index (χ1) is 3.66. The molecule has 0 heterocycles. The lowest BCUT2D eigenvalue weighted by Gasteiger charge is -2.04. The zero-order valence-electron chi connectivity index (χ0n) is 6.57. The number of hydrogen-bond acceptors (Lipinski definition) is 0. The van der Waals surface area contributed by atoms with E-state index >= 15 is 0 Å². The fourth-order valence-corrected chi connectivity index (χ4v) is 2.91. The van der Waals surface area contributed by atoms with Crippen LogP contribution in [0.1, 0.15) is 20.8 Å². The highest BCUT2D eigenvalue weighted by Crippen LogP contribution is 2.07. The average Bonchev–Trinajstić information content (AvgIpc) is 1.65. The van der Waals surface area contributed by atoms with Gasteiger partial charge >= 0.3 is 0 Å². The Balaban J connectivity index is 3.10. The lowest BCUT2D eigenvalue weighted by Crippen LogP contribution is -2.07. The quantitative estimate of drug-likeness (QED) is 0.513. The minimum absolute atomic E-state index is 0.239. The fourth-order valence-electron chi connectivity index (χ4n) is 0.971. The van der Waals surface area contributed by atoms with Crippen LogP contribution in [-0.4, -0.2) is 14.1 Å². The molecule has 8 heavy (non-hydrogen) atoms. The van der Waals surface area contributed by atoms with Gasteiger partial charge in [-0.1, -0.05) is 37.3 Å². The van der Waals surface area contributed by atoms with Gasteiger partial charge in [-0.2, -0.15) is 0 Å². The predicted octanol–water partition coefficient (Wildman–Crippen LogP) is 2.79. The largest absolute Gasteiger partial charge is 0.258 e. The summed E-state index contributed by atoms with van der Waals surface area (Å²) in [6, 6.07) is 0. The van der Waals surface area contributed by atoms with Gasteiger partial charge in [0.15, 0.2) is 0 Å². The zero-order chi connectivity index (χ0) is 6.57. The molecule has 0 N–H and O–H groups in total. The summed E-state index contributed by atoms with van der Waals surface area (Å²) in [5.41, 5.74) is 0. The molecule has 48 valence electrons. The van der Waals surface area contributed by atoms with E-state index in [-0.39, 0.29) is 14.1 Å². The molecule has 0 fully saturated rings. The second kappa shape index (κ2) is 4.42. The Labute approximate surface area is 57.7 Å². The maximum Gasteiger partial charge on any atom is 0.258 e. The number of hydrogen-bond donors (Lipinski definition) is 0. The molecular weight excluding hydrogens is 111 g/mol. The van der Waals surface area contributed by atoms with Crippen LogP contribution in [0.25, 0.3) is 0 Å². The molecule has 0 aromatic heterocycles. The van der Waals surface area contributed by atoms with Crippen LogP contribution in [0.5, 0.6) is 0 Å². The van der Waals surface area contributed by atoms with Crippen molar-refractivity contribution in [3.8, 4) is 0 Å². The summed E-state index contributed by atoms with van der Waals surface area (Å²) < 4.78 is 0. The Kier molecular flexibility index (Phi) is 4.71. The third kappa shape index (κ3) is 4.69. The van der Waals surface area contributed by atoms with Gasteiger partial charge in [0.05, 0.1) is 0 Å². The molecule has 0 atom stereocenters. The van der Waals surface area contributed by atoms with Crippen molar-refractivity contribution in [2.45, 2.75) is 37.1 Å². The molecule has 0 spiro atoms. The minimum atomic E-state index is -0.239. The molecule has 0 saturated heterocycles. The molecule has 1 heteroatoms. The molecule has 0 aromatic carbocycles. The normalized spacial score (nSPS) is 10.1. The van der Waals surface area contributed by atoms with Gasteiger partial charge in [0, 0.05) is 0 Å². The lowest BCUT2D eigenvalue weighted by atomic mass is 10.3. The summed E-state index contributed by atoms with van der Waals surface area (Å²) in [4.78, 5) is 0. The van der Waals surface area contributed by atoms with Crippen LogP contribution in [0.15, 0.2) is 0 Å². The first-order valence-electron chi connectivity index (χ1n) is 3.66. The van der Waals surface area contributed by atoms with Crippen LogP contribution >= 0.6 is 0 Å². The Morgan fingerprint density at radius 3 is 2.00 bits per heavy atom. The summed E-state index contributed by atoms with van der Waals surface area (Å²) in [6.45, 7) is 6.96. The first-order valence-corrected chi connectivity index (χ1v) is 6.45. The first kappa shape index (κ1) is 8.53. The highest BCUT2D eigenvalue weighted by Gasteiger charge is 2.07. The maximum absolute atomic E-state index is 2.46. The molecule has 0 bridgehead atoms. The van der Waals surface area contributed by atoms with Crippen LogP contribution in [-0.2, 0) is 0 Å². The van der Waals surface area contributed by atoms with Crippen molar-refractivity contribution in [1.29, 1.82) is 0 Å². The minimum Gasteiger partial charge on any atom is -0.106 e. The van der Waals surface area contributed by atoms with E-state index in [1.165, 1.54) is 10.6 Å². The smallest absolute Gasteiger partial charge is 0.106 e. The van der Waals surface area contributed by atoms with Gasteiger partial charge < -0.3 is 0 Å². The van der Waals surface area contributed by atoms with Gasteiger partial charge in [-0.15, -0.1) is 5.79 Å². The monoisotopic (exact) mass is 128 g/mol. The molecule has 0 aromatic rings. The summed E-state index contributed by atoms with van der Waals surface area (Å²) in [7, 11) is 0. The van der Waals surface area contributed by atoms with E-state index in [0.717, 1.165) is 5.92 Å². The summed E-state index contributed by atoms with van der Waals surface area (Å²) in [5, 5.41) is 2.99. The molecular formula is C7H17Al. The van der Waals surface area contributed by atoms with Gasteiger partial charge in [-0.3, -0.25) is 0 Å². The standard InChI is InChI=1S/C4H9.C2H5.CH3.Al/c1-4(2)3;1-2;;/h4H,1H2,2-3H3;1H2,2H3;1H3;. The number of rotatable bonds is 3. The van der Waals surface area contributed by atoms with E-state index in [2.05, 4.69) is 26.6 Å². The summed E-state index contributed by atoms with van der Waals surface area (Å²) in [5.74, 6) is 3.40. The highest BCUT2D eigenvalue weighted by molar-refractivity contribution is 6.57. The van der Waals surface area contributed by atoms with Crippen molar-refractivity contribution in [3.05, 3.63) is 0 Å². The van der Waals surface area contributed by atoms with Crippen molar-refractivity contribution in [2.24, 2.45) is 5.92 Å². The van der Waals surface area contributed by atoms with Gasteiger partial charge in [-0.25, -0.2) is 0 Å². The SMILES string of the molecule is C[CH2][Al]([CH3])[CH2]C(C)C. The molecule has 0 amide bonds. The fraction of sp³-hybridized carbons (Fsp3) is 1.00. The Morgan fingerprint density at radius 1 is 1.38 bits per heavy atom. The highest BCUT2D eigenvalue weighted by atomic mass is 27.2. The van der Waals surface area contributed by atoms with Crippen LogP contribution in [0, 0.1) is 5.92 Å². The molecule has 0 unspecified atom stereocenters. The third-order valence-corrected chi connectivity index (χ3v) is 4.71. The second-order valence-electron chi connectivity index (χ2n) is 3.14. The van der Waals surface area contributed by atoms with Gasteiger partial charge in [-0.05, 0) is 0 Å². The summed E-state index contributed by atoms with van der Waals surface area (Å²) in [6.07, 6.45) is 0. The van der Waals surface area contributed by atoms with Crippen LogP contribution in [0.2, 0.25) is 16.4 Å². The Bertz CT molecular complexity index is 50.3. The average molecular weight is 128 g/mol. The van der Waals surface area contributed by atoms with Crippen molar-refractivity contribution in [2.75, 3.05) is 0 Å². The Hall–Kier alpha value is 0.532. The van der Waals surface area contributed by atoms with Crippen molar-refractivity contribution < 1.29 is 0 Å². The van der Waals surface area contributed by atoms with E-state index in [0.29, 0.717) is 0 Å². The Morgan fingerprint density at radius 2 is 1.88 bits per heavy atom. The van der Waals surface area contributed by atoms with E-state index in [4.69, 9.17) is 0 Å². The van der Waals surface area contributed by atoms with Gasteiger partial charge in [0.1, 0.15) is 0 Å². The van der Waals surface area contributed by atoms with Crippen LogP contribution in [0.3, 0.4) is 0 Å². The van der Waals surface area contributed by atoms with Crippen molar-refractivity contribution in [3.63, 3.8) is 0 Å². The van der Waals surface area contributed by atoms with E-state index < -0.39 is 0 Å². The maximum atomic E-state index is 2.46. The van der Waals surface area contributed by atoms with E-state index in [1.54, 1.807) is 0 Å². The molecule has 0 aliphatic rings. The van der Waals surface area contributed by atoms with Crippen LogP contribution < -0.4 is 0 Å². The summed E-state index contributed by atoms with van der Waals surface area (Å²) >= 11 is -0.239. The predicted molar refractivity (Wildman–Crippen MR) is 41.7 cm³/mol. The van der Waals surface area contributed by atoms with E-state index in [9.17, 15) is 0 Å². The molecule has 0 aliphatic heterocycles. The zero-order valence-corrected chi connectivity index (χ0v) is 7.72. The molecule has 0 radical (unpaired) electrons. The molecule has 0 saturated carbocycles. The molecule has 0 aliphatic carbocycles. The van der Waals surface area contributed by atoms with Gasteiger partial charge in [0.2, 0.25) is 0 Å². The van der Waals surface area contributed by atoms with Crippen LogP contribution in [0.4, 0.5) is 0 Å². The lowest BCUT2D eigenvalue weighted by molar-refractivity contribution is 0.724. The molecule has 0 nitrogen and oxygen atoms in total. The van der Waals surface area contributed by atoms with E-state index in [1.807, 2.05) is 0 Å². The van der Waals surface area contributed by atoms with Gasteiger partial charge in [0.25, 0.3) is 14.1 Å².